The Balaban J connectivity index is 2.74. The van der Waals surface area contributed by atoms with E-state index < -0.39 is 42.1 Å². The van der Waals surface area contributed by atoms with Crippen LogP contribution in [0.2, 0.25) is 25.7 Å². The van der Waals surface area contributed by atoms with Crippen molar-refractivity contribution in [2.45, 2.75) is 76.4 Å². The van der Waals surface area contributed by atoms with E-state index in [0.717, 1.165) is 0 Å². The second-order valence-corrected chi connectivity index (χ2v) is 15.6. The van der Waals surface area contributed by atoms with E-state index in [9.17, 15) is 13.5 Å². The van der Waals surface area contributed by atoms with Gasteiger partial charge in [-0.2, -0.15) is 0 Å². The maximum atomic E-state index is 12.4. The lowest BCUT2D eigenvalue weighted by Gasteiger charge is -2.41. The van der Waals surface area contributed by atoms with Crippen LogP contribution in [0.4, 0.5) is 0 Å². The molecule has 1 fully saturated rings. The molecule has 3 atom stereocenters. The molecule has 0 aliphatic carbocycles. The first-order chi connectivity index (χ1) is 10.8. The number of sulfonamides is 1. The van der Waals surface area contributed by atoms with Gasteiger partial charge in [-0.3, -0.25) is 0 Å². The van der Waals surface area contributed by atoms with Crippen molar-refractivity contribution in [2.24, 2.45) is 0 Å². The normalized spacial score (nSPS) is 26.3. The van der Waals surface area contributed by atoms with E-state index in [1.165, 1.54) is 0 Å². The number of nitrogens with one attached hydrogen (secondary N) is 1. The van der Waals surface area contributed by atoms with Crippen LogP contribution in [0.1, 0.15) is 26.7 Å². The Kier molecular flexibility index (Phi) is 7.86. The van der Waals surface area contributed by atoms with Gasteiger partial charge in [-0.25, -0.2) is 13.1 Å². The summed E-state index contributed by atoms with van der Waals surface area (Å²) in [5, 5.41) is 18.9. The molecule has 0 aromatic heterocycles. The van der Waals surface area contributed by atoms with Crippen LogP contribution in [0.5, 0.6) is 0 Å². The van der Waals surface area contributed by atoms with Crippen LogP contribution in [0.25, 0.3) is 0 Å². The van der Waals surface area contributed by atoms with E-state index in [-0.39, 0.29) is 31.8 Å². The van der Waals surface area contributed by atoms with Crippen LogP contribution < -0.4 is 4.72 Å². The summed E-state index contributed by atoms with van der Waals surface area (Å²) in [4.78, 5) is 0. The van der Waals surface area contributed by atoms with Crippen molar-refractivity contribution in [3.05, 3.63) is 0 Å². The first kappa shape index (κ1) is 22.0. The summed E-state index contributed by atoms with van der Waals surface area (Å²) in [7, 11) is -4.90. The van der Waals surface area contributed by atoms with Crippen molar-refractivity contribution in [1.82, 2.24) is 4.72 Å². The van der Waals surface area contributed by atoms with Crippen molar-refractivity contribution in [1.29, 1.82) is 0 Å². The maximum Gasteiger partial charge on any atom is 0.211 e. The first-order valence-corrected chi connectivity index (χ1v) is 13.8. The lowest BCUT2D eigenvalue weighted by atomic mass is 10.0. The molecule has 0 unspecified atom stereocenters. The lowest BCUT2D eigenvalue weighted by Crippen LogP contribution is -2.57. The van der Waals surface area contributed by atoms with Crippen molar-refractivity contribution in [3.8, 4) is 0 Å². The summed E-state index contributed by atoms with van der Waals surface area (Å²) in [6.07, 6.45) is -0.773. The Morgan fingerprint density at radius 2 is 1.96 bits per heavy atom. The summed E-state index contributed by atoms with van der Waals surface area (Å²) in [6, 6.07) is 0.137. The van der Waals surface area contributed by atoms with Gasteiger partial charge in [0.25, 0.3) is 0 Å². The third-order valence-electron chi connectivity index (χ3n) is 3.91. The van der Waals surface area contributed by atoms with Crippen molar-refractivity contribution in [2.75, 3.05) is 19.0 Å². The van der Waals surface area contributed by atoms with Crippen LogP contribution in [-0.4, -0.2) is 69.7 Å². The van der Waals surface area contributed by atoms with E-state index in [2.05, 4.69) is 24.4 Å². The molecule has 0 amide bonds. The molecule has 1 aliphatic heterocycles. The molecule has 0 saturated carbocycles. The molecule has 0 radical (unpaired) electrons. The molecular weight excluding hydrogens is 350 g/mol. The second kappa shape index (κ2) is 8.57. The molecule has 0 aromatic carbocycles. The zero-order valence-corrected chi connectivity index (χ0v) is 17.2. The third-order valence-corrected chi connectivity index (χ3v) is 7.43. The van der Waals surface area contributed by atoms with Gasteiger partial charge in [0.1, 0.15) is 0 Å². The molecule has 1 rings (SSSR count). The fourth-order valence-corrected chi connectivity index (χ4v) is 6.79. The Hall–Kier alpha value is -0.0331. The summed E-state index contributed by atoms with van der Waals surface area (Å²) in [5.74, 6) is -0.738. The molecule has 1 saturated heterocycles. The highest BCUT2D eigenvalue weighted by Gasteiger charge is 2.39. The highest BCUT2D eigenvalue weighted by molar-refractivity contribution is 7.89. The van der Waals surface area contributed by atoms with Gasteiger partial charge in [-0.05, 0) is 26.3 Å². The Labute approximate surface area is 146 Å². The molecule has 3 N–H and O–H groups in total. The van der Waals surface area contributed by atoms with E-state index in [4.69, 9.17) is 14.6 Å². The average Bonchev–Trinajstić information content (AvgIpc) is 2.39. The lowest BCUT2D eigenvalue weighted by molar-refractivity contribution is -0.284. The monoisotopic (exact) mass is 383 g/mol. The van der Waals surface area contributed by atoms with E-state index >= 15 is 0 Å². The molecule has 7 nitrogen and oxygen atoms in total. The van der Waals surface area contributed by atoms with Gasteiger partial charge in [-0.15, -0.1) is 0 Å². The van der Waals surface area contributed by atoms with E-state index in [1.54, 1.807) is 13.8 Å². The van der Waals surface area contributed by atoms with Gasteiger partial charge >= 0.3 is 0 Å². The fourth-order valence-electron chi connectivity index (χ4n) is 2.47. The second-order valence-electron chi connectivity index (χ2n) is 8.12. The molecular formula is C15H33NO6SSi. The largest absolute Gasteiger partial charge is 0.396 e. The standard InChI is InChI=1S/C15H33NO6SSi/c1-15(2)21-11-13(14(22-15)10-12(18)6-7-17)16-23(19,20)8-9-24(3,4)5/h12-14,16-18H,6-11H2,1-5H3/t12-,13+,14+/m1/s1. The van der Waals surface area contributed by atoms with Crippen LogP contribution in [0, 0.1) is 0 Å². The molecule has 144 valence electrons. The van der Waals surface area contributed by atoms with Gasteiger partial charge in [0.15, 0.2) is 5.79 Å². The van der Waals surface area contributed by atoms with Crippen molar-refractivity contribution >= 4 is 18.1 Å². The topological polar surface area (TPSA) is 105 Å². The minimum absolute atomic E-state index is 0.0918. The molecule has 1 heterocycles. The third kappa shape index (κ3) is 8.37. The van der Waals surface area contributed by atoms with Crippen LogP contribution in [-0.2, 0) is 19.5 Å². The minimum atomic E-state index is -3.44. The van der Waals surface area contributed by atoms with Crippen molar-refractivity contribution < 1.29 is 28.1 Å². The summed E-state index contributed by atoms with van der Waals surface area (Å²) >= 11 is 0. The number of ether oxygens (including phenoxy) is 2. The van der Waals surface area contributed by atoms with Gasteiger partial charge in [0, 0.05) is 21.1 Å². The predicted molar refractivity (Wildman–Crippen MR) is 96.1 cm³/mol. The zero-order chi connectivity index (χ0) is 18.6. The van der Waals surface area contributed by atoms with Crippen LogP contribution >= 0.6 is 0 Å². The average molecular weight is 384 g/mol. The SMILES string of the molecule is CC1(C)OC[C@H](NS(=O)(=O)CC[Si](C)(C)C)[C@H](C[C@H](O)CCO)O1. The number of hydrogen-bond donors (Lipinski definition) is 3. The Morgan fingerprint density at radius 1 is 1.33 bits per heavy atom. The van der Waals surface area contributed by atoms with Gasteiger partial charge in [0.2, 0.25) is 10.0 Å². The number of rotatable bonds is 9. The highest BCUT2D eigenvalue weighted by Crippen LogP contribution is 2.26. The van der Waals surface area contributed by atoms with E-state index in [0.29, 0.717) is 6.04 Å². The predicted octanol–water partition coefficient (Wildman–Crippen LogP) is 0.897. The zero-order valence-electron chi connectivity index (χ0n) is 15.4. The van der Waals surface area contributed by atoms with Gasteiger partial charge < -0.3 is 19.7 Å². The molecule has 24 heavy (non-hydrogen) atoms. The molecule has 0 aromatic rings. The summed E-state index contributed by atoms with van der Waals surface area (Å²) < 4.78 is 38.8. The van der Waals surface area contributed by atoms with E-state index in [1.807, 2.05) is 0 Å². The van der Waals surface area contributed by atoms with Crippen molar-refractivity contribution in [3.63, 3.8) is 0 Å². The molecule has 0 bridgehead atoms. The fraction of sp³-hybridized carbons (Fsp3) is 1.00. The Bertz CT molecular complexity index is 491. The number of aliphatic hydroxyl groups is 2. The van der Waals surface area contributed by atoms with Gasteiger partial charge in [0.05, 0.1) is 30.6 Å². The molecule has 1 aliphatic rings. The number of aliphatic hydroxyl groups excluding tert-OH is 2. The minimum Gasteiger partial charge on any atom is -0.396 e. The molecule has 9 heteroatoms. The van der Waals surface area contributed by atoms with Crippen LogP contribution in [0.15, 0.2) is 0 Å². The first-order valence-electron chi connectivity index (χ1n) is 8.44. The summed E-state index contributed by atoms with van der Waals surface area (Å²) in [5.41, 5.74) is 0. The molecule has 0 spiro atoms. The van der Waals surface area contributed by atoms with Crippen LogP contribution in [0.3, 0.4) is 0 Å². The highest BCUT2D eigenvalue weighted by atomic mass is 32.2. The quantitative estimate of drug-likeness (QED) is 0.511. The van der Waals surface area contributed by atoms with Gasteiger partial charge in [-0.1, -0.05) is 19.6 Å². The smallest absolute Gasteiger partial charge is 0.211 e. The maximum absolute atomic E-state index is 12.4. The Morgan fingerprint density at radius 3 is 2.50 bits per heavy atom. The number of hydrogen-bond acceptors (Lipinski definition) is 6. The summed E-state index contributed by atoms with van der Waals surface area (Å²) in [6.45, 7) is 9.97.